The third-order valence-corrected chi connectivity index (χ3v) is 6.39. The summed E-state index contributed by atoms with van der Waals surface area (Å²) in [4.78, 5) is 0. The molecule has 4 aromatic rings. The minimum absolute atomic E-state index is 0.995. The number of benzene rings is 3. The van der Waals surface area contributed by atoms with Crippen LogP contribution in [0.25, 0.3) is 33.5 Å². The molecule has 1 aliphatic carbocycles. The molecule has 0 amide bonds. The zero-order valence-corrected chi connectivity index (χ0v) is 17.6. The van der Waals surface area contributed by atoms with Gasteiger partial charge in [-0.1, -0.05) is 60.7 Å². The minimum atomic E-state index is 0.995. The molecule has 0 fully saturated rings. The topological polar surface area (TPSA) is 3.88 Å². The number of pyridine rings is 1. The molecule has 1 aromatic heterocycles. The number of hydrogen-bond donors (Lipinski definition) is 0. The van der Waals surface area contributed by atoms with Gasteiger partial charge >= 0.3 is 0 Å². The van der Waals surface area contributed by atoms with Crippen molar-refractivity contribution in [2.45, 2.75) is 27.2 Å². The maximum absolute atomic E-state index is 2.35. The highest BCUT2D eigenvalue weighted by Gasteiger charge is 2.28. The molecule has 29 heavy (non-hydrogen) atoms. The van der Waals surface area contributed by atoms with Crippen LogP contribution >= 0.6 is 0 Å². The van der Waals surface area contributed by atoms with Gasteiger partial charge in [0.15, 0.2) is 6.20 Å². The van der Waals surface area contributed by atoms with Crippen LogP contribution in [0.3, 0.4) is 0 Å². The van der Waals surface area contributed by atoms with Crippen molar-refractivity contribution in [2.75, 3.05) is 0 Å². The van der Waals surface area contributed by atoms with Gasteiger partial charge in [0.25, 0.3) is 0 Å². The first-order valence-corrected chi connectivity index (χ1v) is 10.3. The lowest BCUT2D eigenvalue weighted by Crippen LogP contribution is -2.32. The lowest BCUT2D eigenvalue weighted by Gasteiger charge is -2.13. The van der Waals surface area contributed by atoms with Crippen molar-refractivity contribution in [1.82, 2.24) is 0 Å². The fourth-order valence-corrected chi connectivity index (χ4v) is 4.78. The molecule has 0 saturated carbocycles. The van der Waals surface area contributed by atoms with Gasteiger partial charge in [-0.3, -0.25) is 0 Å². The summed E-state index contributed by atoms with van der Waals surface area (Å²) in [5.41, 5.74) is 15.0. The number of rotatable bonds is 2. The largest absolute Gasteiger partial charge is 0.213 e. The lowest BCUT2D eigenvalue weighted by atomic mass is 9.91. The second kappa shape index (κ2) is 6.70. The van der Waals surface area contributed by atoms with Crippen LogP contribution in [0.2, 0.25) is 0 Å². The van der Waals surface area contributed by atoms with Crippen molar-refractivity contribution in [3.8, 4) is 33.5 Å². The standard InChI is InChI=1S/C28H26N/c1-18-13-14-24-25(27(18)26-15-19(2)20(3)17-29(26)4)16-22-11-8-12-23(28(22)24)21-9-6-5-7-10-21/h5-15,17H,16H2,1-4H3/q+1. The van der Waals surface area contributed by atoms with E-state index in [0.29, 0.717) is 0 Å². The van der Waals surface area contributed by atoms with E-state index in [-0.39, 0.29) is 0 Å². The minimum Gasteiger partial charge on any atom is -0.201 e. The normalized spacial score (nSPS) is 12.0. The van der Waals surface area contributed by atoms with Crippen molar-refractivity contribution < 1.29 is 4.57 Å². The SMILES string of the molecule is Cc1cc(-c2c(C)ccc3c2Cc2cccc(-c4ccccc4)c2-3)[n+](C)cc1C. The summed E-state index contributed by atoms with van der Waals surface area (Å²) in [5, 5.41) is 0. The van der Waals surface area contributed by atoms with Crippen molar-refractivity contribution in [3.05, 3.63) is 101 Å². The van der Waals surface area contributed by atoms with Crippen LogP contribution in [-0.2, 0) is 13.5 Å². The maximum Gasteiger partial charge on any atom is 0.213 e. The highest BCUT2D eigenvalue weighted by Crippen LogP contribution is 2.46. The summed E-state index contributed by atoms with van der Waals surface area (Å²) >= 11 is 0. The molecule has 0 bridgehead atoms. The number of aromatic nitrogens is 1. The predicted octanol–water partition coefficient (Wildman–Crippen LogP) is 6.34. The molecule has 0 saturated heterocycles. The van der Waals surface area contributed by atoms with Crippen molar-refractivity contribution in [3.63, 3.8) is 0 Å². The van der Waals surface area contributed by atoms with Gasteiger partial charge in [0.05, 0.1) is 5.56 Å². The van der Waals surface area contributed by atoms with Crippen molar-refractivity contribution in [2.24, 2.45) is 7.05 Å². The molecule has 0 unspecified atom stereocenters. The quantitative estimate of drug-likeness (QED) is 0.316. The Labute approximate surface area is 173 Å². The molecular weight excluding hydrogens is 350 g/mol. The summed E-state index contributed by atoms with van der Waals surface area (Å²) in [6, 6.07) is 24.5. The molecule has 142 valence electrons. The molecule has 3 aromatic carbocycles. The summed E-state index contributed by atoms with van der Waals surface area (Å²) in [6.07, 6.45) is 3.25. The van der Waals surface area contributed by atoms with E-state index >= 15 is 0 Å². The van der Waals surface area contributed by atoms with Crippen molar-refractivity contribution in [1.29, 1.82) is 0 Å². The molecule has 0 radical (unpaired) electrons. The molecule has 1 nitrogen and oxygen atoms in total. The maximum atomic E-state index is 2.35. The number of hydrogen-bond acceptors (Lipinski definition) is 0. The average molecular weight is 377 g/mol. The van der Waals surface area contributed by atoms with Crippen LogP contribution in [0.15, 0.2) is 72.9 Å². The van der Waals surface area contributed by atoms with E-state index in [4.69, 9.17) is 0 Å². The number of nitrogens with zero attached hydrogens (tertiary/aromatic N) is 1. The van der Waals surface area contributed by atoms with Gasteiger partial charge in [-0.2, -0.15) is 0 Å². The second-order valence-electron chi connectivity index (χ2n) is 8.30. The fraction of sp³-hybridized carbons (Fsp3) is 0.179. The number of fused-ring (bicyclic) bond motifs is 3. The average Bonchev–Trinajstić information content (AvgIpc) is 3.10. The molecular formula is C28H26N+. The third-order valence-electron chi connectivity index (χ3n) is 6.39. The van der Waals surface area contributed by atoms with Crippen LogP contribution in [0, 0.1) is 20.8 Å². The Morgan fingerprint density at radius 1 is 0.690 bits per heavy atom. The molecule has 1 heteroatoms. The van der Waals surface area contributed by atoms with E-state index in [1.165, 1.54) is 61.3 Å². The van der Waals surface area contributed by atoms with Gasteiger partial charge in [0.2, 0.25) is 5.69 Å². The highest BCUT2D eigenvalue weighted by molar-refractivity contribution is 5.93. The van der Waals surface area contributed by atoms with Gasteiger partial charge in [-0.25, -0.2) is 4.57 Å². The van der Waals surface area contributed by atoms with Gasteiger partial charge in [-0.15, -0.1) is 0 Å². The van der Waals surface area contributed by atoms with Crippen molar-refractivity contribution >= 4 is 0 Å². The highest BCUT2D eigenvalue weighted by atomic mass is 14.9. The van der Waals surface area contributed by atoms with E-state index in [1.807, 2.05) is 0 Å². The fourth-order valence-electron chi connectivity index (χ4n) is 4.78. The zero-order valence-electron chi connectivity index (χ0n) is 17.6. The van der Waals surface area contributed by atoms with Crippen LogP contribution < -0.4 is 4.57 Å². The first kappa shape index (κ1) is 17.9. The third kappa shape index (κ3) is 2.81. The first-order valence-electron chi connectivity index (χ1n) is 10.3. The van der Waals surface area contributed by atoms with Gasteiger partial charge < -0.3 is 0 Å². The summed E-state index contributed by atoms with van der Waals surface area (Å²) < 4.78 is 2.28. The van der Waals surface area contributed by atoms with Crippen LogP contribution in [0.1, 0.15) is 27.8 Å². The van der Waals surface area contributed by atoms with E-state index in [9.17, 15) is 0 Å². The molecule has 1 aliphatic rings. The number of aryl methyl sites for hydroxylation is 4. The Morgan fingerprint density at radius 3 is 2.28 bits per heavy atom. The lowest BCUT2D eigenvalue weighted by molar-refractivity contribution is -0.660. The monoisotopic (exact) mass is 376 g/mol. The molecule has 5 rings (SSSR count). The second-order valence-corrected chi connectivity index (χ2v) is 8.30. The Morgan fingerprint density at radius 2 is 1.48 bits per heavy atom. The van der Waals surface area contributed by atoms with Gasteiger partial charge in [0.1, 0.15) is 7.05 Å². The Balaban J connectivity index is 1.77. The van der Waals surface area contributed by atoms with Gasteiger partial charge in [-0.05, 0) is 71.7 Å². The van der Waals surface area contributed by atoms with E-state index in [0.717, 1.165) is 6.42 Å². The summed E-state index contributed by atoms with van der Waals surface area (Å²) in [5.74, 6) is 0. The van der Waals surface area contributed by atoms with Gasteiger partial charge in [0, 0.05) is 11.6 Å². The molecule has 1 heterocycles. The van der Waals surface area contributed by atoms with Crippen LogP contribution in [0.5, 0.6) is 0 Å². The molecule has 0 N–H and O–H groups in total. The van der Waals surface area contributed by atoms with Crippen LogP contribution in [-0.4, -0.2) is 0 Å². The van der Waals surface area contributed by atoms with Crippen LogP contribution in [0.4, 0.5) is 0 Å². The molecule has 0 atom stereocenters. The van der Waals surface area contributed by atoms with E-state index in [1.54, 1.807) is 0 Å². The molecule has 0 spiro atoms. The molecule has 0 aliphatic heterocycles. The smallest absolute Gasteiger partial charge is 0.201 e. The summed E-state index contributed by atoms with van der Waals surface area (Å²) in [7, 11) is 2.16. The Bertz CT molecular complexity index is 1250. The Hall–Kier alpha value is -3.19. The van der Waals surface area contributed by atoms with E-state index in [2.05, 4.69) is 105 Å². The summed E-state index contributed by atoms with van der Waals surface area (Å²) in [6.45, 7) is 6.63. The predicted molar refractivity (Wildman–Crippen MR) is 121 cm³/mol. The Kier molecular flexibility index (Phi) is 4.13. The first-order chi connectivity index (χ1) is 14.0. The van der Waals surface area contributed by atoms with E-state index < -0.39 is 0 Å². The zero-order chi connectivity index (χ0) is 20.1.